The van der Waals surface area contributed by atoms with E-state index < -0.39 is 0 Å². The molecule has 1 atom stereocenters. The number of aryl methyl sites for hydroxylation is 1. The van der Waals surface area contributed by atoms with Crippen molar-refractivity contribution in [3.8, 4) is 40.3 Å². The van der Waals surface area contributed by atoms with Gasteiger partial charge in [0.25, 0.3) is 0 Å². The Hall–Kier alpha value is -5.18. The summed E-state index contributed by atoms with van der Waals surface area (Å²) in [4.78, 5) is 9.66. The highest BCUT2D eigenvalue weighted by atomic mass is 16.5. The third-order valence-corrected chi connectivity index (χ3v) is 6.99. The van der Waals surface area contributed by atoms with E-state index in [9.17, 15) is 0 Å². The third-order valence-electron chi connectivity index (χ3n) is 6.99. The van der Waals surface area contributed by atoms with E-state index in [1.165, 1.54) is 0 Å². The number of benzene rings is 3. The molecular weight excluding hydrogens is 492 g/mol. The summed E-state index contributed by atoms with van der Waals surface area (Å²) in [6.07, 6.45) is 1.64. The van der Waals surface area contributed by atoms with Gasteiger partial charge in [0.05, 0.1) is 42.6 Å². The molecule has 0 fully saturated rings. The van der Waals surface area contributed by atoms with Crippen LogP contribution in [0.25, 0.3) is 22.7 Å². The van der Waals surface area contributed by atoms with Crippen LogP contribution in [0.5, 0.6) is 23.3 Å². The van der Waals surface area contributed by atoms with Gasteiger partial charge in [-0.2, -0.15) is 5.10 Å². The van der Waals surface area contributed by atoms with E-state index in [0.717, 1.165) is 33.6 Å². The number of hydrogen-bond donors (Lipinski definition) is 0. The van der Waals surface area contributed by atoms with Crippen molar-refractivity contribution in [1.82, 2.24) is 29.4 Å². The van der Waals surface area contributed by atoms with Crippen molar-refractivity contribution in [2.75, 3.05) is 14.2 Å². The minimum Gasteiger partial charge on any atom is -0.493 e. The van der Waals surface area contributed by atoms with Gasteiger partial charge in [-0.25, -0.2) is 19.2 Å². The molecule has 0 amide bonds. The number of rotatable bonds is 5. The molecule has 0 bridgehead atoms. The lowest BCUT2D eigenvalue weighted by Crippen LogP contribution is -2.16. The maximum Gasteiger partial charge on any atom is 0.230 e. The molecule has 1 aliphatic heterocycles. The van der Waals surface area contributed by atoms with Gasteiger partial charge in [0.2, 0.25) is 11.8 Å². The number of nitrogens with zero attached hydrogens (tertiary/aromatic N) is 6. The van der Waals surface area contributed by atoms with Crippen LogP contribution in [0, 0.1) is 6.92 Å². The minimum atomic E-state index is -0.301. The molecule has 3 aromatic carbocycles. The molecular formula is C30H24N6O3. The lowest BCUT2D eigenvalue weighted by molar-refractivity contribution is 0.354. The molecule has 7 rings (SSSR count). The summed E-state index contributed by atoms with van der Waals surface area (Å²) in [5.41, 5.74) is 6.02. The maximum atomic E-state index is 6.51. The Labute approximate surface area is 224 Å². The van der Waals surface area contributed by atoms with Crippen LogP contribution in [0.3, 0.4) is 0 Å². The van der Waals surface area contributed by atoms with Crippen LogP contribution in [0.4, 0.5) is 0 Å². The Kier molecular flexibility index (Phi) is 5.29. The van der Waals surface area contributed by atoms with Crippen LogP contribution in [0.2, 0.25) is 0 Å². The Morgan fingerprint density at radius 1 is 0.821 bits per heavy atom. The number of ether oxygens (including phenoxy) is 3. The van der Waals surface area contributed by atoms with E-state index >= 15 is 0 Å². The summed E-state index contributed by atoms with van der Waals surface area (Å²) in [5.74, 6) is 2.66. The first-order chi connectivity index (χ1) is 19.2. The van der Waals surface area contributed by atoms with Crippen molar-refractivity contribution in [2.45, 2.75) is 12.8 Å². The Balaban J connectivity index is 1.50. The second-order valence-corrected chi connectivity index (χ2v) is 9.23. The summed E-state index contributed by atoms with van der Waals surface area (Å²) in [6, 6.07) is 25.7. The quantitative estimate of drug-likeness (QED) is 0.295. The van der Waals surface area contributed by atoms with E-state index in [1.54, 1.807) is 25.1 Å². The van der Waals surface area contributed by atoms with Crippen LogP contribution in [-0.2, 0) is 0 Å². The van der Waals surface area contributed by atoms with Crippen molar-refractivity contribution >= 4 is 5.65 Å². The van der Waals surface area contributed by atoms with Crippen molar-refractivity contribution in [3.05, 3.63) is 108 Å². The molecule has 0 spiro atoms. The van der Waals surface area contributed by atoms with Crippen molar-refractivity contribution in [3.63, 3.8) is 0 Å². The van der Waals surface area contributed by atoms with Gasteiger partial charge in [0, 0.05) is 5.56 Å². The van der Waals surface area contributed by atoms with Gasteiger partial charge in [-0.1, -0.05) is 54.6 Å². The fourth-order valence-electron chi connectivity index (χ4n) is 5.20. The molecule has 3 aromatic heterocycles. The predicted octanol–water partition coefficient (Wildman–Crippen LogP) is 5.59. The highest BCUT2D eigenvalue weighted by Crippen LogP contribution is 2.50. The lowest BCUT2D eigenvalue weighted by atomic mass is 9.84. The predicted molar refractivity (Wildman–Crippen MR) is 145 cm³/mol. The first-order valence-electron chi connectivity index (χ1n) is 12.5. The number of aromatic nitrogens is 6. The number of para-hydroxylation sites is 1. The lowest BCUT2D eigenvalue weighted by Gasteiger charge is -2.26. The highest BCUT2D eigenvalue weighted by Gasteiger charge is 2.38. The maximum absolute atomic E-state index is 6.51. The van der Waals surface area contributed by atoms with Crippen LogP contribution in [-0.4, -0.2) is 43.6 Å². The molecule has 0 N–H and O–H groups in total. The smallest absolute Gasteiger partial charge is 0.230 e. The monoisotopic (exact) mass is 516 g/mol. The summed E-state index contributed by atoms with van der Waals surface area (Å²) in [6.45, 7) is 1.99. The Morgan fingerprint density at radius 2 is 1.56 bits per heavy atom. The van der Waals surface area contributed by atoms with Crippen molar-refractivity contribution < 1.29 is 14.2 Å². The molecule has 192 valence electrons. The van der Waals surface area contributed by atoms with Crippen LogP contribution in [0.15, 0.2) is 85.2 Å². The molecule has 39 heavy (non-hydrogen) atoms. The highest BCUT2D eigenvalue weighted by molar-refractivity contribution is 5.69. The number of methoxy groups -OCH3 is 2. The molecule has 0 radical (unpaired) electrons. The van der Waals surface area contributed by atoms with Gasteiger partial charge in [-0.15, -0.1) is 5.10 Å². The summed E-state index contributed by atoms with van der Waals surface area (Å²) < 4.78 is 21.2. The zero-order valence-electron chi connectivity index (χ0n) is 21.6. The molecule has 9 nitrogen and oxygen atoms in total. The molecule has 1 aliphatic rings. The van der Waals surface area contributed by atoms with Gasteiger partial charge in [-0.05, 0) is 36.8 Å². The van der Waals surface area contributed by atoms with Gasteiger partial charge >= 0.3 is 0 Å². The first-order valence-corrected chi connectivity index (χ1v) is 12.5. The van der Waals surface area contributed by atoms with Crippen LogP contribution < -0.4 is 14.2 Å². The molecule has 0 aliphatic carbocycles. The topological polar surface area (TPSA) is 88.6 Å². The molecule has 9 heteroatoms. The number of fused-ring (bicyclic) bond motifs is 4. The zero-order valence-corrected chi connectivity index (χ0v) is 21.6. The first kappa shape index (κ1) is 23.0. The van der Waals surface area contributed by atoms with Gasteiger partial charge in [0.1, 0.15) is 6.33 Å². The van der Waals surface area contributed by atoms with Crippen molar-refractivity contribution in [1.29, 1.82) is 0 Å². The molecule has 4 heterocycles. The molecule has 6 aromatic rings. The van der Waals surface area contributed by atoms with E-state index in [4.69, 9.17) is 34.4 Å². The molecule has 1 unspecified atom stereocenters. The summed E-state index contributed by atoms with van der Waals surface area (Å²) in [5, 5.41) is 9.63. The van der Waals surface area contributed by atoms with Crippen molar-refractivity contribution in [2.24, 2.45) is 0 Å². The normalized spacial score (nSPS) is 14.0. The Morgan fingerprint density at radius 3 is 2.31 bits per heavy atom. The SMILES string of the molecule is COc1ccc(C2c3c(C)nn(-c4ccccc4)c3Oc3ncn4nc(-c5ccccc5)nc4c32)cc1OC. The minimum absolute atomic E-state index is 0.301. The third kappa shape index (κ3) is 3.62. The fraction of sp³-hybridized carbons (Fsp3) is 0.133. The summed E-state index contributed by atoms with van der Waals surface area (Å²) >= 11 is 0. The molecule has 0 saturated carbocycles. The van der Waals surface area contributed by atoms with E-state index in [1.807, 2.05) is 90.5 Å². The summed E-state index contributed by atoms with van der Waals surface area (Å²) in [7, 11) is 3.26. The fourth-order valence-corrected chi connectivity index (χ4v) is 5.20. The van der Waals surface area contributed by atoms with E-state index in [0.29, 0.717) is 34.7 Å². The zero-order chi connectivity index (χ0) is 26.5. The van der Waals surface area contributed by atoms with Gasteiger partial charge < -0.3 is 14.2 Å². The van der Waals surface area contributed by atoms with Gasteiger partial charge in [0.15, 0.2) is 23.0 Å². The van der Waals surface area contributed by atoms with Crippen LogP contribution >= 0.6 is 0 Å². The second-order valence-electron chi connectivity index (χ2n) is 9.23. The second kappa shape index (κ2) is 8.98. The average molecular weight is 517 g/mol. The molecule has 0 saturated heterocycles. The van der Waals surface area contributed by atoms with Gasteiger partial charge in [-0.3, -0.25) is 0 Å². The van der Waals surface area contributed by atoms with E-state index in [2.05, 4.69) is 0 Å². The Bertz CT molecular complexity index is 1830. The largest absolute Gasteiger partial charge is 0.493 e. The number of hydrogen-bond acceptors (Lipinski definition) is 7. The standard InChI is InChI=1S/C30H24N6O3/c1-18-24-25(20-14-15-22(37-2)23(16-20)38-3)26-28-32-27(19-10-6-4-7-11-19)34-35(28)17-31-29(26)39-30(24)36(33-18)21-12-8-5-9-13-21/h4-17,25H,1-3H3. The average Bonchev–Trinajstić information content (AvgIpc) is 3.58. The van der Waals surface area contributed by atoms with E-state index in [-0.39, 0.29) is 5.92 Å². The van der Waals surface area contributed by atoms with Crippen LogP contribution in [0.1, 0.15) is 28.3 Å².